The second-order valence-corrected chi connectivity index (χ2v) is 6.37. The third-order valence-corrected chi connectivity index (χ3v) is 4.65. The molecule has 2 rings (SSSR count). The highest BCUT2D eigenvalue weighted by Gasteiger charge is 2.48. The number of halogens is 1. The molecule has 0 heterocycles. The van der Waals surface area contributed by atoms with Gasteiger partial charge in [0.2, 0.25) is 5.91 Å². The van der Waals surface area contributed by atoms with Crippen LogP contribution < -0.4 is 11.1 Å². The third-order valence-electron chi connectivity index (χ3n) is 4.65. The Kier molecular flexibility index (Phi) is 6.09. The van der Waals surface area contributed by atoms with Gasteiger partial charge in [0.25, 0.3) is 0 Å². The summed E-state index contributed by atoms with van der Waals surface area (Å²) in [7, 11) is 0. The van der Waals surface area contributed by atoms with E-state index in [2.05, 4.69) is 5.32 Å². The van der Waals surface area contributed by atoms with Crippen LogP contribution in [0.1, 0.15) is 39.5 Å². The van der Waals surface area contributed by atoms with Crippen LogP contribution in [0, 0.1) is 23.7 Å². The number of aliphatic hydroxyl groups is 1. The van der Waals surface area contributed by atoms with E-state index in [1.807, 2.05) is 6.92 Å². The molecular weight excluding hydrogens is 264 g/mol. The van der Waals surface area contributed by atoms with Gasteiger partial charge in [-0.3, -0.25) is 4.79 Å². The number of fused-ring (bicyclic) bond motifs is 2. The van der Waals surface area contributed by atoms with Crippen LogP contribution in [0.3, 0.4) is 0 Å². The van der Waals surface area contributed by atoms with Crippen LogP contribution in [0.2, 0.25) is 0 Å². The van der Waals surface area contributed by atoms with Gasteiger partial charge in [-0.05, 0) is 50.4 Å². The number of carbonyl (C=O) groups is 1. The van der Waals surface area contributed by atoms with Gasteiger partial charge in [0.05, 0.1) is 12.0 Å². The Morgan fingerprint density at radius 3 is 2.53 bits per heavy atom. The summed E-state index contributed by atoms with van der Waals surface area (Å²) in [5, 5.41) is 12.3. The second-order valence-electron chi connectivity index (χ2n) is 6.37. The van der Waals surface area contributed by atoms with Gasteiger partial charge in [-0.2, -0.15) is 0 Å². The summed E-state index contributed by atoms with van der Waals surface area (Å²) >= 11 is 0. The predicted molar refractivity (Wildman–Crippen MR) is 78.0 cm³/mol. The van der Waals surface area contributed by atoms with Gasteiger partial charge in [-0.15, -0.1) is 12.4 Å². The summed E-state index contributed by atoms with van der Waals surface area (Å²) in [5.74, 6) is 1.55. The van der Waals surface area contributed by atoms with Gasteiger partial charge in [-0.25, -0.2) is 0 Å². The number of nitrogens with one attached hydrogen (secondary N) is 1. The Morgan fingerprint density at radius 1 is 1.37 bits per heavy atom. The lowest BCUT2D eigenvalue weighted by molar-refractivity contribution is -0.127. The summed E-state index contributed by atoms with van der Waals surface area (Å²) < 4.78 is 0. The van der Waals surface area contributed by atoms with Gasteiger partial charge in [0.1, 0.15) is 0 Å². The van der Waals surface area contributed by atoms with Gasteiger partial charge in [0, 0.05) is 12.6 Å². The Bertz CT molecular complexity index is 310. The molecule has 2 aliphatic carbocycles. The SMILES string of the molecule is CC(O)CC(C)CNC(=O)C1C2CCC(C2)C1N.Cl. The standard InChI is InChI=1S/C14H26N2O2.ClH/c1-8(5-9(2)17)7-16-14(18)12-10-3-4-11(6-10)13(12)15;/h8-13,17H,3-7,15H2,1-2H3,(H,16,18);1H. The molecule has 2 aliphatic rings. The molecule has 0 aromatic rings. The number of hydrogen-bond acceptors (Lipinski definition) is 3. The highest BCUT2D eigenvalue weighted by Crippen LogP contribution is 2.47. The van der Waals surface area contributed by atoms with Crippen LogP contribution in [0.25, 0.3) is 0 Å². The maximum atomic E-state index is 12.2. The van der Waals surface area contributed by atoms with E-state index in [1.54, 1.807) is 6.92 Å². The van der Waals surface area contributed by atoms with E-state index >= 15 is 0 Å². The number of rotatable bonds is 5. The zero-order chi connectivity index (χ0) is 13.3. The molecule has 0 aliphatic heterocycles. The second kappa shape index (κ2) is 6.91. The molecule has 5 heteroatoms. The Balaban J connectivity index is 0.00000180. The fraction of sp³-hybridized carbons (Fsp3) is 0.929. The maximum Gasteiger partial charge on any atom is 0.224 e. The molecule has 112 valence electrons. The summed E-state index contributed by atoms with van der Waals surface area (Å²) in [6.45, 7) is 4.47. The Hall–Kier alpha value is -0.320. The number of nitrogens with two attached hydrogens (primary N) is 1. The molecular formula is C14H27ClN2O2. The first kappa shape index (κ1) is 16.7. The molecule has 0 saturated heterocycles. The van der Waals surface area contributed by atoms with Gasteiger partial charge < -0.3 is 16.2 Å². The average molecular weight is 291 g/mol. The van der Waals surface area contributed by atoms with E-state index in [0.717, 1.165) is 12.8 Å². The Morgan fingerprint density at radius 2 is 2.00 bits per heavy atom. The first-order chi connectivity index (χ1) is 8.49. The lowest BCUT2D eigenvalue weighted by Crippen LogP contribution is -2.46. The van der Waals surface area contributed by atoms with Crippen LogP contribution in [0.15, 0.2) is 0 Å². The van der Waals surface area contributed by atoms with Crippen LogP contribution in [-0.2, 0) is 4.79 Å². The van der Waals surface area contributed by atoms with Crippen LogP contribution >= 0.6 is 12.4 Å². The molecule has 6 atom stereocenters. The molecule has 4 nitrogen and oxygen atoms in total. The minimum Gasteiger partial charge on any atom is -0.393 e. The third kappa shape index (κ3) is 3.83. The lowest BCUT2D eigenvalue weighted by atomic mass is 9.84. The molecule has 0 spiro atoms. The van der Waals surface area contributed by atoms with Crippen LogP contribution in [-0.4, -0.2) is 29.7 Å². The summed E-state index contributed by atoms with van der Waals surface area (Å²) in [5.41, 5.74) is 6.15. The minimum atomic E-state index is -0.304. The van der Waals surface area contributed by atoms with Crippen molar-refractivity contribution in [2.24, 2.45) is 29.4 Å². The molecule has 2 saturated carbocycles. The quantitative estimate of drug-likeness (QED) is 0.714. The predicted octanol–water partition coefficient (Wildman–Crippen LogP) is 1.30. The number of carbonyl (C=O) groups excluding carboxylic acids is 1. The topological polar surface area (TPSA) is 75.3 Å². The van der Waals surface area contributed by atoms with Crippen molar-refractivity contribution >= 4 is 18.3 Å². The maximum absolute atomic E-state index is 12.2. The zero-order valence-electron chi connectivity index (χ0n) is 11.8. The van der Waals surface area contributed by atoms with Crippen molar-refractivity contribution in [3.05, 3.63) is 0 Å². The van der Waals surface area contributed by atoms with E-state index in [9.17, 15) is 9.90 Å². The summed E-state index contributed by atoms with van der Waals surface area (Å²) in [4.78, 5) is 12.2. The molecule has 0 radical (unpaired) electrons. The molecule has 2 fully saturated rings. The molecule has 2 bridgehead atoms. The smallest absolute Gasteiger partial charge is 0.224 e. The fourth-order valence-corrected chi connectivity index (χ4v) is 3.78. The van der Waals surface area contributed by atoms with Crippen molar-refractivity contribution in [3.8, 4) is 0 Å². The average Bonchev–Trinajstić information content (AvgIpc) is 2.85. The first-order valence-electron chi connectivity index (χ1n) is 7.20. The van der Waals surface area contributed by atoms with E-state index < -0.39 is 0 Å². The van der Waals surface area contributed by atoms with Crippen molar-refractivity contribution in [2.75, 3.05) is 6.54 Å². The van der Waals surface area contributed by atoms with Gasteiger partial charge >= 0.3 is 0 Å². The van der Waals surface area contributed by atoms with E-state index in [-0.39, 0.29) is 36.4 Å². The van der Waals surface area contributed by atoms with Gasteiger partial charge in [0.15, 0.2) is 0 Å². The van der Waals surface area contributed by atoms with Crippen LogP contribution in [0.5, 0.6) is 0 Å². The van der Waals surface area contributed by atoms with E-state index in [1.165, 1.54) is 12.8 Å². The van der Waals surface area contributed by atoms with Crippen molar-refractivity contribution in [3.63, 3.8) is 0 Å². The molecule has 0 aromatic heterocycles. The highest BCUT2D eigenvalue weighted by atomic mass is 35.5. The first-order valence-corrected chi connectivity index (χ1v) is 7.20. The summed E-state index contributed by atoms with van der Waals surface area (Å²) in [6, 6.07) is 0.0656. The minimum absolute atomic E-state index is 0. The van der Waals surface area contributed by atoms with E-state index in [4.69, 9.17) is 5.73 Å². The molecule has 19 heavy (non-hydrogen) atoms. The monoisotopic (exact) mass is 290 g/mol. The van der Waals surface area contributed by atoms with Crippen molar-refractivity contribution < 1.29 is 9.90 Å². The molecule has 1 amide bonds. The van der Waals surface area contributed by atoms with Crippen molar-refractivity contribution in [1.29, 1.82) is 0 Å². The number of aliphatic hydroxyl groups excluding tert-OH is 1. The summed E-state index contributed by atoms with van der Waals surface area (Å²) in [6.07, 6.45) is 3.93. The highest BCUT2D eigenvalue weighted by molar-refractivity contribution is 5.85. The largest absolute Gasteiger partial charge is 0.393 e. The molecule has 6 unspecified atom stereocenters. The normalized spacial score (nSPS) is 35.6. The Labute approximate surface area is 121 Å². The lowest BCUT2D eigenvalue weighted by Gasteiger charge is -2.27. The van der Waals surface area contributed by atoms with E-state index in [0.29, 0.717) is 24.3 Å². The number of hydrogen-bond donors (Lipinski definition) is 3. The number of amides is 1. The van der Waals surface area contributed by atoms with Crippen molar-refractivity contribution in [2.45, 2.75) is 51.7 Å². The molecule has 4 N–H and O–H groups in total. The van der Waals surface area contributed by atoms with Crippen LogP contribution in [0.4, 0.5) is 0 Å². The van der Waals surface area contributed by atoms with Crippen molar-refractivity contribution in [1.82, 2.24) is 5.32 Å². The zero-order valence-corrected chi connectivity index (χ0v) is 12.7. The molecule has 0 aromatic carbocycles. The fourth-order valence-electron chi connectivity index (χ4n) is 3.78. The van der Waals surface area contributed by atoms with Gasteiger partial charge in [-0.1, -0.05) is 6.92 Å².